The Morgan fingerprint density at radius 1 is 1.17 bits per heavy atom. The maximum Gasteiger partial charge on any atom is 0.160 e. The molecule has 2 aromatic heterocycles. The van der Waals surface area contributed by atoms with E-state index in [9.17, 15) is 5.11 Å². The number of imidazole rings is 1. The summed E-state index contributed by atoms with van der Waals surface area (Å²) in [6, 6.07) is 10.5. The van der Waals surface area contributed by atoms with E-state index in [0.29, 0.717) is 0 Å². The Bertz CT molecular complexity index is 836. The van der Waals surface area contributed by atoms with E-state index in [1.807, 2.05) is 29.7 Å². The average Bonchev–Trinajstić information content (AvgIpc) is 2.90. The fourth-order valence-corrected chi connectivity index (χ4v) is 3.05. The highest BCUT2D eigenvalue weighted by Gasteiger charge is 2.11. The SMILES string of the molecule is CCc1cccc(C)c1CNc1cccn2c(C)c(CO)nc12. The van der Waals surface area contributed by atoms with E-state index in [-0.39, 0.29) is 6.61 Å². The molecule has 0 aliphatic heterocycles. The second-order valence-corrected chi connectivity index (χ2v) is 5.84. The number of aliphatic hydroxyl groups is 1. The Morgan fingerprint density at radius 2 is 2.00 bits per heavy atom. The lowest BCUT2D eigenvalue weighted by atomic mass is 10.00. The van der Waals surface area contributed by atoms with Crippen LogP contribution in [0.5, 0.6) is 0 Å². The molecule has 0 radical (unpaired) electrons. The number of benzene rings is 1. The van der Waals surface area contributed by atoms with Crippen molar-refractivity contribution in [3.05, 3.63) is 64.6 Å². The molecule has 2 N–H and O–H groups in total. The summed E-state index contributed by atoms with van der Waals surface area (Å²) in [5, 5.41) is 12.9. The van der Waals surface area contributed by atoms with Gasteiger partial charge >= 0.3 is 0 Å². The van der Waals surface area contributed by atoms with Gasteiger partial charge in [-0.15, -0.1) is 0 Å². The molecule has 0 unspecified atom stereocenters. The molecule has 0 spiro atoms. The third-order valence-electron chi connectivity index (χ3n) is 4.48. The molecule has 120 valence electrons. The fraction of sp³-hybridized carbons (Fsp3) is 0.316. The molecule has 23 heavy (non-hydrogen) atoms. The van der Waals surface area contributed by atoms with Crippen LogP contribution in [0.3, 0.4) is 0 Å². The largest absolute Gasteiger partial charge is 0.390 e. The molecule has 4 nitrogen and oxygen atoms in total. The molecule has 0 fully saturated rings. The molecular formula is C19H23N3O. The first-order valence-corrected chi connectivity index (χ1v) is 8.04. The highest BCUT2D eigenvalue weighted by Crippen LogP contribution is 2.22. The van der Waals surface area contributed by atoms with Gasteiger partial charge in [0.1, 0.15) is 0 Å². The summed E-state index contributed by atoms with van der Waals surface area (Å²) in [4.78, 5) is 4.56. The number of fused-ring (bicyclic) bond motifs is 1. The van der Waals surface area contributed by atoms with Gasteiger partial charge in [-0.05, 0) is 49.1 Å². The van der Waals surface area contributed by atoms with Crippen molar-refractivity contribution in [2.45, 2.75) is 40.3 Å². The zero-order valence-corrected chi connectivity index (χ0v) is 13.9. The molecule has 0 bridgehead atoms. The molecule has 0 saturated carbocycles. The zero-order chi connectivity index (χ0) is 16.4. The van der Waals surface area contributed by atoms with E-state index in [2.05, 4.69) is 42.3 Å². The van der Waals surface area contributed by atoms with Gasteiger partial charge in [-0.2, -0.15) is 0 Å². The Labute approximate surface area is 136 Å². The van der Waals surface area contributed by atoms with Gasteiger partial charge < -0.3 is 14.8 Å². The number of hydrogen-bond donors (Lipinski definition) is 2. The molecule has 3 aromatic rings. The van der Waals surface area contributed by atoms with Crippen molar-refractivity contribution in [2.75, 3.05) is 5.32 Å². The highest BCUT2D eigenvalue weighted by atomic mass is 16.3. The highest BCUT2D eigenvalue weighted by molar-refractivity contribution is 5.68. The van der Waals surface area contributed by atoms with Crippen LogP contribution in [0, 0.1) is 13.8 Å². The third kappa shape index (κ3) is 2.82. The van der Waals surface area contributed by atoms with Crippen molar-refractivity contribution in [1.82, 2.24) is 9.38 Å². The van der Waals surface area contributed by atoms with Crippen LogP contribution < -0.4 is 5.32 Å². The van der Waals surface area contributed by atoms with Crippen molar-refractivity contribution in [3.8, 4) is 0 Å². The van der Waals surface area contributed by atoms with Crippen molar-refractivity contribution < 1.29 is 5.11 Å². The molecule has 0 amide bonds. The lowest BCUT2D eigenvalue weighted by Crippen LogP contribution is -2.06. The molecule has 0 aliphatic carbocycles. The molecule has 4 heteroatoms. The minimum atomic E-state index is -0.0370. The van der Waals surface area contributed by atoms with Crippen molar-refractivity contribution in [1.29, 1.82) is 0 Å². The summed E-state index contributed by atoms with van der Waals surface area (Å²) in [6.45, 7) is 7.05. The number of hydrogen-bond acceptors (Lipinski definition) is 3. The standard InChI is InChI=1S/C19H23N3O/c1-4-15-8-5-7-13(2)16(15)11-20-17-9-6-10-22-14(3)18(12-23)21-19(17)22/h5-10,20,23H,4,11-12H2,1-3H3. The number of nitrogens with zero attached hydrogens (tertiary/aromatic N) is 2. The van der Waals surface area contributed by atoms with Gasteiger partial charge in [0.25, 0.3) is 0 Å². The molecule has 2 heterocycles. The van der Waals surface area contributed by atoms with Gasteiger partial charge in [0, 0.05) is 18.4 Å². The molecule has 0 saturated heterocycles. The smallest absolute Gasteiger partial charge is 0.160 e. The molecule has 0 atom stereocenters. The van der Waals surface area contributed by atoms with Gasteiger partial charge in [0.2, 0.25) is 0 Å². The summed E-state index contributed by atoms with van der Waals surface area (Å²) in [6.07, 6.45) is 3.01. The molecule has 0 aliphatic rings. The summed E-state index contributed by atoms with van der Waals surface area (Å²) < 4.78 is 2.02. The van der Waals surface area contributed by atoms with Crippen LogP contribution in [0.15, 0.2) is 36.5 Å². The van der Waals surface area contributed by atoms with Crippen LogP contribution >= 0.6 is 0 Å². The number of aromatic nitrogens is 2. The predicted octanol–water partition coefficient (Wildman–Crippen LogP) is 3.62. The van der Waals surface area contributed by atoms with Crippen molar-refractivity contribution >= 4 is 11.3 Å². The minimum absolute atomic E-state index is 0.0370. The number of pyridine rings is 1. The maximum atomic E-state index is 9.43. The molecule has 3 rings (SSSR count). The van der Waals surface area contributed by atoms with E-state index in [1.165, 1.54) is 16.7 Å². The first-order chi connectivity index (χ1) is 11.2. The monoisotopic (exact) mass is 309 g/mol. The van der Waals surface area contributed by atoms with Gasteiger partial charge in [0.05, 0.1) is 18.0 Å². The van der Waals surface area contributed by atoms with Crippen molar-refractivity contribution in [2.24, 2.45) is 0 Å². The van der Waals surface area contributed by atoms with Crippen LogP contribution in [-0.4, -0.2) is 14.5 Å². The summed E-state index contributed by atoms with van der Waals surface area (Å²) in [5.74, 6) is 0. The number of aliphatic hydroxyl groups excluding tert-OH is 1. The van der Waals surface area contributed by atoms with Gasteiger partial charge in [-0.25, -0.2) is 4.98 Å². The predicted molar refractivity (Wildman–Crippen MR) is 93.7 cm³/mol. The fourth-order valence-electron chi connectivity index (χ4n) is 3.05. The van der Waals surface area contributed by atoms with E-state index < -0.39 is 0 Å². The lowest BCUT2D eigenvalue weighted by molar-refractivity contribution is 0.276. The lowest BCUT2D eigenvalue weighted by Gasteiger charge is -2.14. The normalized spacial score (nSPS) is 11.1. The summed E-state index contributed by atoms with van der Waals surface area (Å²) >= 11 is 0. The number of anilines is 1. The number of nitrogens with one attached hydrogen (secondary N) is 1. The first-order valence-electron chi connectivity index (χ1n) is 8.04. The Balaban J connectivity index is 1.94. The average molecular weight is 309 g/mol. The summed E-state index contributed by atoms with van der Waals surface area (Å²) in [7, 11) is 0. The second-order valence-electron chi connectivity index (χ2n) is 5.84. The van der Waals surface area contributed by atoms with E-state index in [1.54, 1.807) is 0 Å². The summed E-state index contributed by atoms with van der Waals surface area (Å²) in [5.41, 5.74) is 7.59. The third-order valence-corrected chi connectivity index (χ3v) is 4.48. The Hall–Kier alpha value is -2.33. The van der Waals surface area contributed by atoms with Gasteiger partial charge in [0.15, 0.2) is 5.65 Å². The van der Waals surface area contributed by atoms with Crippen LogP contribution in [0.4, 0.5) is 5.69 Å². The van der Waals surface area contributed by atoms with Crippen LogP contribution in [0.1, 0.15) is 35.0 Å². The van der Waals surface area contributed by atoms with Crippen LogP contribution in [-0.2, 0) is 19.6 Å². The minimum Gasteiger partial charge on any atom is -0.390 e. The topological polar surface area (TPSA) is 49.6 Å². The Kier molecular flexibility index (Phi) is 4.35. The van der Waals surface area contributed by atoms with E-state index in [4.69, 9.17) is 0 Å². The van der Waals surface area contributed by atoms with E-state index >= 15 is 0 Å². The van der Waals surface area contributed by atoms with Gasteiger partial charge in [-0.3, -0.25) is 0 Å². The van der Waals surface area contributed by atoms with Gasteiger partial charge in [-0.1, -0.05) is 25.1 Å². The Morgan fingerprint density at radius 3 is 2.74 bits per heavy atom. The quantitative estimate of drug-likeness (QED) is 0.757. The molecular weight excluding hydrogens is 286 g/mol. The van der Waals surface area contributed by atoms with Crippen LogP contribution in [0.25, 0.3) is 5.65 Å². The number of rotatable bonds is 5. The number of aryl methyl sites for hydroxylation is 3. The zero-order valence-electron chi connectivity index (χ0n) is 13.9. The molecule has 1 aromatic carbocycles. The van der Waals surface area contributed by atoms with E-state index in [0.717, 1.165) is 35.7 Å². The maximum absolute atomic E-state index is 9.43. The van der Waals surface area contributed by atoms with Crippen molar-refractivity contribution in [3.63, 3.8) is 0 Å². The second kappa shape index (κ2) is 6.42. The first kappa shape index (κ1) is 15.6. The van der Waals surface area contributed by atoms with Crippen LogP contribution in [0.2, 0.25) is 0 Å².